The van der Waals surface area contributed by atoms with Crippen LogP contribution in [0.5, 0.6) is 5.88 Å². The maximum atomic E-state index is 13.2. The lowest BCUT2D eigenvalue weighted by molar-refractivity contribution is -0.145. The molecule has 30 heavy (non-hydrogen) atoms. The molecule has 1 aliphatic rings. The average molecular weight is 412 g/mol. The van der Waals surface area contributed by atoms with E-state index in [1.807, 2.05) is 60.7 Å². The summed E-state index contributed by atoms with van der Waals surface area (Å²) in [5.41, 5.74) is 0.811. The predicted octanol–water partition coefficient (Wildman–Crippen LogP) is 4.52. The van der Waals surface area contributed by atoms with Crippen molar-refractivity contribution < 1.29 is 22.7 Å². The quantitative estimate of drug-likeness (QED) is 0.619. The van der Waals surface area contributed by atoms with E-state index in [2.05, 4.69) is 4.98 Å². The zero-order valence-electron chi connectivity index (χ0n) is 15.9. The van der Waals surface area contributed by atoms with E-state index in [1.54, 1.807) is 4.90 Å². The highest BCUT2D eigenvalue weighted by Gasteiger charge is 2.40. The van der Waals surface area contributed by atoms with E-state index in [4.69, 9.17) is 4.74 Å². The number of hydrogen-bond acceptors (Lipinski definition) is 3. The summed E-state index contributed by atoms with van der Waals surface area (Å²) in [5.74, 6) is -1.04. The number of halogens is 3. The standard InChI is InChI=1S/C23H19F3N2O2/c24-23(25,26)19-12-7-13-27-21(19)30-18-14-28(15-18)22(29)20(16-8-3-1-4-9-16)17-10-5-2-6-11-17/h1-13,18,20H,14-15H2. The van der Waals surface area contributed by atoms with Crippen molar-refractivity contribution in [1.29, 1.82) is 0 Å². The van der Waals surface area contributed by atoms with Crippen LogP contribution in [0.25, 0.3) is 0 Å². The third-order valence-corrected chi connectivity index (χ3v) is 5.03. The normalized spacial score (nSPS) is 14.5. The van der Waals surface area contributed by atoms with E-state index in [9.17, 15) is 18.0 Å². The Labute approximate surface area is 171 Å². The van der Waals surface area contributed by atoms with E-state index in [0.29, 0.717) is 0 Å². The highest BCUT2D eigenvalue weighted by atomic mass is 19.4. The van der Waals surface area contributed by atoms with Crippen molar-refractivity contribution in [2.75, 3.05) is 13.1 Å². The molecule has 0 bridgehead atoms. The molecule has 7 heteroatoms. The van der Waals surface area contributed by atoms with Gasteiger partial charge in [-0.25, -0.2) is 4.98 Å². The second kappa shape index (κ2) is 8.18. The summed E-state index contributed by atoms with van der Waals surface area (Å²) in [6, 6.07) is 21.0. The molecular formula is C23H19F3N2O2. The third-order valence-electron chi connectivity index (χ3n) is 5.03. The van der Waals surface area contributed by atoms with Crippen molar-refractivity contribution in [2.24, 2.45) is 0 Å². The maximum absolute atomic E-state index is 13.2. The number of hydrogen-bond donors (Lipinski definition) is 0. The lowest BCUT2D eigenvalue weighted by Gasteiger charge is -2.40. The number of carbonyl (C=O) groups is 1. The molecule has 0 saturated carbocycles. The van der Waals surface area contributed by atoms with Gasteiger partial charge in [0.15, 0.2) is 0 Å². The predicted molar refractivity (Wildman–Crippen MR) is 105 cm³/mol. The van der Waals surface area contributed by atoms with Gasteiger partial charge in [0.1, 0.15) is 11.7 Å². The van der Waals surface area contributed by atoms with Gasteiger partial charge >= 0.3 is 6.18 Å². The second-order valence-electron chi connectivity index (χ2n) is 7.09. The number of nitrogens with zero attached hydrogens (tertiary/aromatic N) is 2. The molecule has 0 N–H and O–H groups in total. The van der Waals surface area contributed by atoms with Gasteiger partial charge in [0.05, 0.1) is 19.0 Å². The van der Waals surface area contributed by atoms with Crippen LogP contribution >= 0.6 is 0 Å². The van der Waals surface area contributed by atoms with Crippen LogP contribution in [0.4, 0.5) is 13.2 Å². The summed E-state index contributed by atoms with van der Waals surface area (Å²) in [7, 11) is 0. The fourth-order valence-electron chi connectivity index (χ4n) is 3.50. The first kappa shape index (κ1) is 19.9. The van der Waals surface area contributed by atoms with Crippen molar-refractivity contribution in [3.63, 3.8) is 0 Å². The molecule has 1 aromatic heterocycles. The molecule has 1 fully saturated rings. The minimum Gasteiger partial charge on any atom is -0.470 e. The topological polar surface area (TPSA) is 42.4 Å². The van der Waals surface area contributed by atoms with Gasteiger partial charge in [0.25, 0.3) is 0 Å². The first-order chi connectivity index (χ1) is 14.4. The van der Waals surface area contributed by atoms with E-state index < -0.39 is 29.6 Å². The highest BCUT2D eigenvalue weighted by Crippen LogP contribution is 2.36. The smallest absolute Gasteiger partial charge is 0.421 e. The Kier molecular flexibility index (Phi) is 5.44. The number of benzene rings is 2. The number of likely N-dealkylation sites (tertiary alicyclic amines) is 1. The number of carbonyl (C=O) groups excluding carboxylic acids is 1. The first-order valence-electron chi connectivity index (χ1n) is 9.51. The molecule has 0 aliphatic carbocycles. The van der Waals surface area contributed by atoms with Gasteiger partial charge in [0, 0.05) is 6.20 Å². The fourth-order valence-corrected chi connectivity index (χ4v) is 3.50. The molecular weight excluding hydrogens is 393 g/mol. The van der Waals surface area contributed by atoms with E-state index in [0.717, 1.165) is 17.2 Å². The molecule has 3 aromatic rings. The summed E-state index contributed by atoms with van der Waals surface area (Å²) in [4.78, 5) is 18.5. The lowest BCUT2D eigenvalue weighted by Crippen LogP contribution is -2.57. The maximum Gasteiger partial charge on any atom is 0.421 e. The largest absolute Gasteiger partial charge is 0.470 e. The molecule has 1 saturated heterocycles. The summed E-state index contributed by atoms with van der Waals surface area (Å²) >= 11 is 0. The van der Waals surface area contributed by atoms with Crippen molar-refractivity contribution in [2.45, 2.75) is 18.2 Å². The molecule has 0 atom stereocenters. The monoisotopic (exact) mass is 412 g/mol. The third kappa shape index (κ3) is 4.15. The van der Waals surface area contributed by atoms with Crippen molar-refractivity contribution >= 4 is 5.91 Å². The Hall–Kier alpha value is -3.35. The number of rotatable bonds is 5. The van der Waals surface area contributed by atoms with Crippen LogP contribution in [0.3, 0.4) is 0 Å². The SMILES string of the molecule is O=C(C(c1ccccc1)c1ccccc1)N1CC(Oc2ncccc2C(F)(F)F)C1. The molecule has 4 rings (SSSR count). The Morgan fingerprint density at radius 3 is 2.03 bits per heavy atom. The van der Waals surface area contributed by atoms with Crippen LogP contribution in [0.1, 0.15) is 22.6 Å². The van der Waals surface area contributed by atoms with Crippen molar-refractivity contribution in [3.05, 3.63) is 95.7 Å². The lowest BCUT2D eigenvalue weighted by atomic mass is 9.89. The zero-order valence-corrected chi connectivity index (χ0v) is 15.9. The Morgan fingerprint density at radius 2 is 1.50 bits per heavy atom. The van der Waals surface area contributed by atoms with Crippen LogP contribution in [-0.4, -0.2) is 35.0 Å². The van der Waals surface area contributed by atoms with Gasteiger partial charge in [-0.3, -0.25) is 4.79 Å². The summed E-state index contributed by atoms with van der Waals surface area (Å²) in [6.07, 6.45) is -3.82. The first-order valence-corrected chi connectivity index (χ1v) is 9.51. The molecule has 0 spiro atoms. The number of pyridine rings is 1. The molecule has 0 radical (unpaired) electrons. The minimum atomic E-state index is -4.55. The number of ether oxygens (including phenoxy) is 1. The Bertz CT molecular complexity index is 964. The molecule has 1 amide bonds. The second-order valence-corrected chi connectivity index (χ2v) is 7.09. The average Bonchev–Trinajstić information content (AvgIpc) is 2.71. The van der Waals surface area contributed by atoms with Crippen LogP contribution in [0.2, 0.25) is 0 Å². The Balaban J connectivity index is 1.48. The molecule has 4 nitrogen and oxygen atoms in total. The van der Waals surface area contributed by atoms with Gasteiger partial charge in [-0.15, -0.1) is 0 Å². The fraction of sp³-hybridized carbons (Fsp3) is 0.217. The molecule has 154 valence electrons. The van der Waals surface area contributed by atoms with Crippen molar-refractivity contribution in [1.82, 2.24) is 9.88 Å². The van der Waals surface area contributed by atoms with Gasteiger partial charge in [-0.1, -0.05) is 60.7 Å². The highest BCUT2D eigenvalue weighted by molar-refractivity contribution is 5.88. The summed E-state index contributed by atoms with van der Waals surface area (Å²) < 4.78 is 44.8. The van der Waals surface area contributed by atoms with Crippen LogP contribution in [-0.2, 0) is 11.0 Å². The van der Waals surface area contributed by atoms with Crippen LogP contribution in [0.15, 0.2) is 79.0 Å². The van der Waals surface area contributed by atoms with Gasteiger partial charge < -0.3 is 9.64 Å². The number of aromatic nitrogens is 1. The molecule has 2 heterocycles. The van der Waals surface area contributed by atoms with Gasteiger partial charge in [0.2, 0.25) is 11.8 Å². The number of amides is 1. The van der Waals surface area contributed by atoms with Gasteiger partial charge in [-0.05, 0) is 23.3 Å². The zero-order chi connectivity index (χ0) is 21.1. The number of alkyl halides is 3. The van der Waals surface area contributed by atoms with E-state index >= 15 is 0 Å². The Morgan fingerprint density at radius 1 is 0.933 bits per heavy atom. The van der Waals surface area contributed by atoms with Crippen LogP contribution < -0.4 is 4.74 Å². The van der Waals surface area contributed by atoms with Crippen LogP contribution in [0, 0.1) is 0 Å². The van der Waals surface area contributed by atoms with Gasteiger partial charge in [-0.2, -0.15) is 13.2 Å². The molecule has 0 unspecified atom stereocenters. The van der Waals surface area contributed by atoms with Crippen molar-refractivity contribution in [3.8, 4) is 5.88 Å². The summed E-state index contributed by atoms with van der Waals surface area (Å²) in [5, 5.41) is 0. The van der Waals surface area contributed by atoms with E-state index in [1.165, 1.54) is 12.3 Å². The summed E-state index contributed by atoms with van der Waals surface area (Å²) in [6.45, 7) is 0.422. The van der Waals surface area contributed by atoms with E-state index in [-0.39, 0.29) is 19.0 Å². The molecule has 1 aliphatic heterocycles. The minimum absolute atomic E-state index is 0.107. The molecule has 2 aromatic carbocycles.